The molecule has 0 aromatic carbocycles. The van der Waals surface area contributed by atoms with Crippen LogP contribution in [0.1, 0.15) is 12.7 Å². The van der Waals surface area contributed by atoms with Crippen molar-refractivity contribution in [2.24, 2.45) is 9.98 Å². The summed E-state index contributed by atoms with van der Waals surface area (Å²) in [6.07, 6.45) is 4.28. The number of hydrogen-bond acceptors (Lipinski definition) is 7. The maximum absolute atomic E-state index is 12.4. The lowest BCUT2D eigenvalue weighted by molar-refractivity contribution is -0.121. The van der Waals surface area contributed by atoms with Gasteiger partial charge in [0.15, 0.2) is 17.4 Å². The fraction of sp³-hybridized carbons (Fsp3) is 0.143. The van der Waals surface area contributed by atoms with Crippen molar-refractivity contribution >= 4 is 35.3 Å². The Balaban J connectivity index is 1.91. The van der Waals surface area contributed by atoms with Gasteiger partial charge in [0.2, 0.25) is 0 Å². The largest absolute Gasteiger partial charge is 0.483 e. The minimum atomic E-state index is -0.354. The SMILES string of the molecule is CCO/C=N/C1=C(C#N)SC2=N/C(=C\c3ccco3)C(=O)N21. The first-order valence-corrected chi connectivity index (χ1v) is 7.21. The number of carbonyl (C=O) groups is 1. The van der Waals surface area contributed by atoms with Gasteiger partial charge in [-0.15, -0.1) is 0 Å². The van der Waals surface area contributed by atoms with Crippen LogP contribution in [0, 0.1) is 11.3 Å². The monoisotopic (exact) mass is 314 g/mol. The summed E-state index contributed by atoms with van der Waals surface area (Å²) < 4.78 is 10.2. The van der Waals surface area contributed by atoms with Gasteiger partial charge in [-0.25, -0.2) is 14.9 Å². The lowest BCUT2D eigenvalue weighted by atomic mass is 10.3. The molecule has 0 saturated carbocycles. The van der Waals surface area contributed by atoms with Crippen LogP contribution in [0.3, 0.4) is 0 Å². The molecule has 2 aliphatic heterocycles. The van der Waals surface area contributed by atoms with E-state index in [1.165, 1.54) is 17.6 Å². The van der Waals surface area contributed by atoms with Gasteiger partial charge >= 0.3 is 0 Å². The third kappa shape index (κ3) is 2.42. The molecule has 3 rings (SSSR count). The van der Waals surface area contributed by atoms with Crippen molar-refractivity contribution in [2.75, 3.05) is 6.61 Å². The highest BCUT2D eigenvalue weighted by atomic mass is 32.2. The third-order valence-corrected chi connectivity index (χ3v) is 3.71. The van der Waals surface area contributed by atoms with E-state index >= 15 is 0 Å². The van der Waals surface area contributed by atoms with Gasteiger partial charge in [-0.1, -0.05) is 0 Å². The van der Waals surface area contributed by atoms with Crippen molar-refractivity contribution in [1.29, 1.82) is 5.26 Å². The van der Waals surface area contributed by atoms with Crippen LogP contribution in [0.2, 0.25) is 0 Å². The van der Waals surface area contributed by atoms with Crippen molar-refractivity contribution in [2.45, 2.75) is 6.92 Å². The number of aliphatic imine (C=N–C) groups is 2. The molecule has 0 N–H and O–H groups in total. The molecule has 1 aromatic heterocycles. The van der Waals surface area contributed by atoms with Gasteiger partial charge in [-0.2, -0.15) is 5.26 Å². The van der Waals surface area contributed by atoms with E-state index in [0.717, 1.165) is 11.8 Å². The highest BCUT2D eigenvalue weighted by molar-refractivity contribution is 8.17. The Kier molecular flexibility index (Phi) is 3.80. The molecule has 8 heteroatoms. The van der Waals surface area contributed by atoms with Crippen LogP contribution in [-0.4, -0.2) is 29.0 Å². The summed E-state index contributed by atoms with van der Waals surface area (Å²) in [5, 5.41) is 9.55. The first-order valence-electron chi connectivity index (χ1n) is 6.39. The van der Waals surface area contributed by atoms with Crippen LogP contribution in [0.25, 0.3) is 6.08 Å². The quantitative estimate of drug-likeness (QED) is 0.483. The van der Waals surface area contributed by atoms with Crippen molar-refractivity contribution in [3.63, 3.8) is 0 Å². The van der Waals surface area contributed by atoms with Gasteiger partial charge in [0, 0.05) is 6.08 Å². The van der Waals surface area contributed by atoms with Gasteiger partial charge in [0.25, 0.3) is 5.91 Å². The number of furan rings is 1. The highest BCUT2D eigenvalue weighted by Gasteiger charge is 2.41. The molecule has 0 unspecified atom stereocenters. The zero-order valence-electron chi connectivity index (χ0n) is 11.5. The molecule has 0 aliphatic carbocycles. The van der Waals surface area contributed by atoms with Crippen LogP contribution in [0.15, 0.2) is 49.2 Å². The molecule has 0 spiro atoms. The van der Waals surface area contributed by atoms with E-state index in [2.05, 4.69) is 9.98 Å². The molecule has 7 nitrogen and oxygen atoms in total. The second kappa shape index (κ2) is 5.91. The van der Waals surface area contributed by atoms with E-state index in [1.807, 2.05) is 13.0 Å². The molecule has 0 saturated heterocycles. The number of nitriles is 1. The number of nitrogens with zero attached hydrogens (tertiary/aromatic N) is 4. The molecule has 0 atom stereocenters. The van der Waals surface area contributed by atoms with Crippen LogP contribution in [0.4, 0.5) is 0 Å². The lowest BCUT2D eigenvalue weighted by Gasteiger charge is -2.09. The Labute approximate surface area is 130 Å². The summed E-state index contributed by atoms with van der Waals surface area (Å²) in [5.41, 5.74) is 0.235. The molecule has 110 valence electrons. The fourth-order valence-corrected chi connectivity index (χ4v) is 2.72. The number of amides is 1. The molecule has 0 fully saturated rings. The highest BCUT2D eigenvalue weighted by Crippen LogP contribution is 2.39. The van der Waals surface area contributed by atoms with E-state index < -0.39 is 0 Å². The molecule has 1 amide bonds. The first kappa shape index (κ1) is 14.2. The zero-order valence-corrected chi connectivity index (χ0v) is 12.3. The summed E-state index contributed by atoms with van der Waals surface area (Å²) in [5.74, 6) is 0.406. The van der Waals surface area contributed by atoms with Crippen LogP contribution in [0.5, 0.6) is 0 Å². The van der Waals surface area contributed by atoms with Crippen LogP contribution >= 0.6 is 11.8 Å². The lowest BCUT2D eigenvalue weighted by Crippen LogP contribution is -2.25. The number of allylic oxidation sites excluding steroid dienone is 1. The van der Waals surface area contributed by atoms with E-state index in [1.54, 1.807) is 18.2 Å². The summed E-state index contributed by atoms with van der Waals surface area (Å²) >= 11 is 1.10. The third-order valence-electron chi connectivity index (χ3n) is 2.78. The van der Waals surface area contributed by atoms with Gasteiger partial charge < -0.3 is 9.15 Å². The summed E-state index contributed by atoms with van der Waals surface area (Å²) in [6.45, 7) is 2.26. The second-order valence-corrected chi connectivity index (χ2v) is 5.11. The fourth-order valence-electron chi connectivity index (χ4n) is 1.85. The molecule has 22 heavy (non-hydrogen) atoms. The molecule has 1 aromatic rings. The average Bonchev–Trinajstić information content (AvgIpc) is 3.20. The summed E-state index contributed by atoms with van der Waals surface area (Å²) in [7, 11) is 0. The topological polar surface area (TPSA) is 91.2 Å². The van der Waals surface area contributed by atoms with E-state index in [-0.39, 0.29) is 17.4 Å². The van der Waals surface area contributed by atoms with Gasteiger partial charge in [-0.05, 0) is 30.8 Å². The number of ether oxygens (including phenoxy) is 1. The molecule has 0 radical (unpaired) electrons. The number of thioether (sulfide) groups is 1. The number of rotatable bonds is 4. The van der Waals surface area contributed by atoms with Gasteiger partial charge in [0.05, 0.1) is 12.9 Å². The Morgan fingerprint density at radius 1 is 1.64 bits per heavy atom. The van der Waals surface area contributed by atoms with E-state index in [0.29, 0.717) is 22.4 Å². The molecule has 2 aliphatic rings. The summed E-state index contributed by atoms with van der Waals surface area (Å²) in [6, 6.07) is 5.46. The van der Waals surface area contributed by atoms with Gasteiger partial charge in [0.1, 0.15) is 22.4 Å². The van der Waals surface area contributed by atoms with E-state index in [9.17, 15) is 4.79 Å². The standard InChI is InChI=1S/C14H10N4O3S/c1-2-20-8-16-12-11(7-15)22-14-17-10(13(19)18(12)14)6-9-4-3-5-21-9/h3-6,8H,2H2,1H3/b10-6-,16-8+. The minimum absolute atomic E-state index is 0.229. The Morgan fingerprint density at radius 2 is 2.50 bits per heavy atom. The maximum atomic E-state index is 12.4. The Bertz CT molecular complexity index is 769. The molecule has 0 bridgehead atoms. The molecule has 3 heterocycles. The van der Waals surface area contributed by atoms with Crippen molar-refractivity contribution in [1.82, 2.24) is 4.90 Å². The second-order valence-electron chi connectivity index (χ2n) is 4.14. The van der Waals surface area contributed by atoms with Crippen molar-refractivity contribution < 1.29 is 13.9 Å². The molecular formula is C14H10N4O3S. The maximum Gasteiger partial charge on any atom is 0.284 e. The summed E-state index contributed by atoms with van der Waals surface area (Å²) in [4.78, 5) is 22.3. The van der Waals surface area contributed by atoms with Crippen molar-refractivity contribution in [3.05, 3.63) is 40.6 Å². The van der Waals surface area contributed by atoms with Crippen LogP contribution < -0.4 is 0 Å². The van der Waals surface area contributed by atoms with Crippen molar-refractivity contribution in [3.8, 4) is 6.07 Å². The predicted octanol–water partition coefficient (Wildman–Crippen LogP) is 2.32. The number of amidine groups is 1. The number of carbonyl (C=O) groups excluding carboxylic acids is 1. The zero-order chi connectivity index (χ0) is 15.5. The van der Waals surface area contributed by atoms with Gasteiger partial charge in [-0.3, -0.25) is 4.79 Å². The smallest absolute Gasteiger partial charge is 0.284 e. The minimum Gasteiger partial charge on any atom is -0.483 e. The predicted molar refractivity (Wildman–Crippen MR) is 81.3 cm³/mol. The number of hydrogen-bond donors (Lipinski definition) is 0. The Hall–Kier alpha value is -2.79. The van der Waals surface area contributed by atoms with E-state index in [4.69, 9.17) is 14.4 Å². The number of fused-ring (bicyclic) bond motifs is 1. The molecular weight excluding hydrogens is 304 g/mol. The normalized spacial score (nSPS) is 19.1. The van der Waals surface area contributed by atoms with Crippen LogP contribution in [-0.2, 0) is 9.53 Å². The first-order chi connectivity index (χ1) is 10.7. The Morgan fingerprint density at radius 3 is 3.18 bits per heavy atom. The average molecular weight is 314 g/mol.